The Bertz CT molecular complexity index is 6660. The minimum Gasteiger partial charge on any atom is -0.385 e. The largest absolute Gasteiger partial charge is 0.385 e. The van der Waals surface area contributed by atoms with E-state index < -0.39 is 53.6 Å². The first kappa shape index (κ1) is 88.1. The second-order valence-corrected chi connectivity index (χ2v) is 37.1. The quantitative estimate of drug-likeness (QED) is 0.0531. The molecule has 0 saturated heterocycles. The number of hydrogen-bond acceptors (Lipinski definition) is 25. The molecule has 3 aliphatic heterocycles. The van der Waals surface area contributed by atoms with Gasteiger partial charge < -0.3 is 40.0 Å². The van der Waals surface area contributed by atoms with Crippen LogP contribution < -0.4 is 31.9 Å². The van der Waals surface area contributed by atoms with Crippen LogP contribution in [0.4, 0.5) is 29.1 Å². The number of anilines is 5. The zero-order chi connectivity index (χ0) is 90.1. The van der Waals surface area contributed by atoms with Crippen molar-refractivity contribution >= 4 is 179 Å². The Labute approximate surface area is 753 Å². The van der Waals surface area contributed by atoms with Crippen LogP contribution in [-0.4, -0.2) is 145 Å². The van der Waals surface area contributed by atoms with Gasteiger partial charge >= 0.3 is 10.1 Å². The minimum absolute atomic E-state index is 0.0582. The summed E-state index contributed by atoms with van der Waals surface area (Å²) in [4.78, 5) is 143. The summed E-state index contributed by atoms with van der Waals surface area (Å²) in [6.07, 6.45) is 45.0. The van der Waals surface area contributed by atoms with Crippen LogP contribution >= 0.6 is 33.9 Å². The highest BCUT2D eigenvalue weighted by molar-refractivity contribution is 8.14. The third kappa shape index (κ3) is 17.0. The van der Waals surface area contributed by atoms with Gasteiger partial charge in [0.2, 0.25) is 0 Å². The summed E-state index contributed by atoms with van der Waals surface area (Å²) in [5, 5.41) is 0.489. The lowest BCUT2D eigenvalue weighted by Gasteiger charge is -2.28. The van der Waals surface area contributed by atoms with Crippen LogP contribution in [0.2, 0.25) is 10.3 Å². The Hall–Kier alpha value is -12.9. The van der Waals surface area contributed by atoms with Gasteiger partial charge in [-0.2, -0.15) is 8.42 Å². The van der Waals surface area contributed by atoms with Crippen molar-refractivity contribution < 1.29 is 55.0 Å². The van der Waals surface area contributed by atoms with E-state index in [1.54, 1.807) is 107 Å². The summed E-state index contributed by atoms with van der Waals surface area (Å²) >= 11 is 10.8. The summed E-state index contributed by atoms with van der Waals surface area (Å²) < 4.78 is 69.7. The second-order valence-electron chi connectivity index (χ2n) is 32.6. The number of nitrogen functional groups attached to an aromatic ring is 2. The SMILES string of the molecule is Clc1nccnc1Cl.NC(=O)c1c(N)n(C2CCCCC2)c2nccnc12.Nc1cc2nccnc2n1C1CCCCC1.O=C1c2ccccc2C(=O)N1c1c(S(=O)(=O)Cl)c2nccnc2n1C1CCCCC1.O=C1c2ccccc2C(=O)N1c1c(S(=O)(=O)O)c2nccnc2n1C1CCCCC1.O=C1c2ccccc2C(=O)N1c1cc2nccnc2n1C1CCCCC1. The Morgan fingerprint density at radius 1 is 0.349 bits per heavy atom. The number of nitrogens with two attached hydrogens (primary N) is 3. The van der Waals surface area contributed by atoms with E-state index in [9.17, 15) is 55.0 Å². The molecular weight excluding hydrogens is 1750 g/mol. The molecule has 14 heterocycles. The molecule has 664 valence electrons. The Balaban J connectivity index is 0.000000112. The van der Waals surface area contributed by atoms with E-state index in [0.29, 0.717) is 62.7 Å². The van der Waals surface area contributed by atoms with Gasteiger partial charge in [0.15, 0.2) is 48.3 Å². The molecule has 5 saturated carbocycles. The third-order valence-corrected chi connectivity index (χ3v) is 27.7. The van der Waals surface area contributed by atoms with Gasteiger partial charge in [0.1, 0.15) is 62.2 Å². The predicted molar refractivity (Wildman–Crippen MR) is 483 cm³/mol. The van der Waals surface area contributed by atoms with E-state index >= 15 is 0 Å². The van der Waals surface area contributed by atoms with Crippen molar-refractivity contribution in [3.05, 3.63) is 209 Å². The molecule has 0 bridgehead atoms. The number of hydrogen-bond donors (Lipinski definition) is 4. The molecule has 8 aliphatic rings. The highest BCUT2D eigenvalue weighted by atomic mass is 35.7. The molecule has 7 N–H and O–H groups in total. The average Bonchev–Trinajstić information content (AvgIpc) is 1.56. The van der Waals surface area contributed by atoms with Crippen LogP contribution in [0.5, 0.6) is 0 Å². The number of benzene rings is 3. The normalized spacial score (nSPS) is 17.1. The third-order valence-electron chi connectivity index (χ3n) is 24.8. The molecule has 7 amide bonds. The molecule has 40 heteroatoms. The van der Waals surface area contributed by atoms with Crippen LogP contribution in [0.15, 0.2) is 169 Å². The topological polar surface area (TPSA) is 475 Å². The van der Waals surface area contributed by atoms with Gasteiger partial charge in [0.25, 0.3) is 50.4 Å². The summed E-state index contributed by atoms with van der Waals surface area (Å²) in [5.74, 6) is -2.00. The van der Waals surface area contributed by atoms with Gasteiger partial charge in [-0.05, 0) is 101 Å². The molecular formula is C89H88Cl3N23O12S2. The van der Waals surface area contributed by atoms with Crippen molar-refractivity contribution in [3.8, 4) is 0 Å². The molecule has 5 aliphatic carbocycles. The zero-order valence-electron chi connectivity index (χ0n) is 69.6. The lowest BCUT2D eigenvalue weighted by Crippen LogP contribution is -2.33. The van der Waals surface area contributed by atoms with Crippen LogP contribution in [0, 0.1) is 0 Å². The molecule has 129 heavy (non-hydrogen) atoms. The number of amides is 7. The fourth-order valence-corrected chi connectivity index (χ4v) is 21.4. The molecule has 35 nitrogen and oxygen atoms in total. The number of nitrogens with zero attached hydrogens (tertiary/aromatic N) is 20. The summed E-state index contributed by atoms with van der Waals surface area (Å²) in [6, 6.07) is 24.2. The highest BCUT2D eigenvalue weighted by Crippen LogP contribution is 2.48. The standard InChI is InChI=1S/C20H17ClN4O4S.C20H18N4O5S.C20H18N4O2.C13H17N5O.C12H16N4.C4H2Cl2N2/c21-30(28,29)16-15-17(23-11-10-22-15)24(12-6-2-1-3-7-12)18(16)25-19(26)13-8-4-5-9-14(13)20(25)27;25-19-13-8-4-5-9-14(13)20(26)24(19)18-16(30(27,28)29)15-17(22-11-10-21-15)23(18)12-6-2-1-3-7-12;25-19-14-8-4-5-9-15(14)20(26)24(19)17-12-16-18(22-11-10-21-16)23(17)13-6-2-1-3-7-13;14-11-9(12(15)19)10-13(17-7-6-16-10)18(11)8-4-2-1-3-5-8;13-11-8-10-12(15-7-6-14-10)16(11)9-4-2-1-3-5-9;5-3-4(6)8-2-1-7-3/h4-5,8-12H,1-3,6-7H2;4-5,8-12H,1-3,6-7H2,(H,27,28,29);4-5,8-13H,1-3,6-7H2;6-8H,1-5,14H2,(H2,15,19);6-9H,1-5,13H2;1-2H. The van der Waals surface area contributed by atoms with Gasteiger partial charge in [-0.3, -0.25) is 53.1 Å². The summed E-state index contributed by atoms with van der Waals surface area (Å²) in [7, 11) is -3.34. The van der Waals surface area contributed by atoms with Crippen molar-refractivity contribution in [1.29, 1.82) is 0 Å². The first-order valence-corrected chi connectivity index (χ1v) is 47.4. The van der Waals surface area contributed by atoms with E-state index in [4.69, 9.17) is 51.1 Å². The fourth-order valence-electron chi connectivity index (χ4n) is 19.2. The molecule has 5 fully saturated rings. The van der Waals surface area contributed by atoms with Crippen molar-refractivity contribution in [2.75, 3.05) is 26.2 Å². The minimum atomic E-state index is -4.82. The molecule has 0 unspecified atom stereocenters. The molecule has 0 atom stereocenters. The first-order valence-electron chi connectivity index (χ1n) is 42.9. The lowest BCUT2D eigenvalue weighted by atomic mass is 9.95. The zero-order valence-corrected chi connectivity index (χ0v) is 73.5. The van der Waals surface area contributed by atoms with Gasteiger partial charge in [-0.1, -0.05) is 156 Å². The summed E-state index contributed by atoms with van der Waals surface area (Å²) in [6.45, 7) is 0. The Morgan fingerprint density at radius 3 is 1.00 bits per heavy atom. The number of aromatic nitrogens is 17. The van der Waals surface area contributed by atoms with Crippen LogP contribution in [0.3, 0.4) is 0 Å². The average molecular weight is 1840 g/mol. The van der Waals surface area contributed by atoms with E-state index in [1.165, 1.54) is 112 Å². The molecule has 0 radical (unpaired) electrons. The maximum absolute atomic E-state index is 13.2. The predicted octanol–water partition coefficient (Wildman–Crippen LogP) is 16.3. The van der Waals surface area contributed by atoms with Gasteiger partial charge in [0, 0.05) is 127 Å². The number of carbonyl (C=O) groups is 7. The van der Waals surface area contributed by atoms with Crippen molar-refractivity contribution in [3.63, 3.8) is 0 Å². The maximum atomic E-state index is 13.2. The maximum Gasteiger partial charge on any atom is 0.300 e. The van der Waals surface area contributed by atoms with Gasteiger partial charge in [-0.15, -0.1) is 0 Å². The number of primary amides is 1. The van der Waals surface area contributed by atoms with Crippen LogP contribution in [-0.2, 0) is 19.2 Å². The lowest BCUT2D eigenvalue weighted by molar-refractivity contribution is 0.0906. The number of halogens is 3. The Morgan fingerprint density at radius 2 is 0.636 bits per heavy atom. The van der Waals surface area contributed by atoms with Gasteiger partial charge in [0.05, 0.1) is 33.4 Å². The molecule has 0 spiro atoms. The number of fused-ring (bicyclic) bond motifs is 8. The van der Waals surface area contributed by atoms with Gasteiger partial charge in [-0.25, -0.2) is 68.0 Å². The smallest absolute Gasteiger partial charge is 0.300 e. The van der Waals surface area contributed by atoms with E-state index in [0.717, 1.165) is 135 Å². The first-order chi connectivity index (χ1) is 62.4. The van der Waals surface area contributed by atoms with Crippen LogP contribution in [0.25, 0.3) is 55.8 Å². The van der Waals surface area contributed by atoms with Crippen molar-refractivity contribution in [2.45, 2.75) is 201 Å². The summed E-state index contributed by atoms with van der Waals surface area (Å²) in [5.41, 5.74) is 24.7. The monoisotopic (exact) mass is 1840 g/mol. The molecule has 11 aromatic heterocycles. The molecule has 22 rings (SSSR count). The van der Waals surface area contributed by atoms with E-state index in [-0.39, 0.29) is 95.7 Å². The second kappa shape index (κ2) is 37.4. The molecule has 3 aromatic carbocycles. The number of rotatable bonds is 11. The van der Waals surface area contributed by atoms with Crippen molar-refractivity contribution in [2.24, 2.45) is 5.73 Å². The number of imide groups is 3. The van der Waals surface area contributed by atoms with E-state index in [1.807, 2.05) is 16.7 Å². The fraction of sp³-hybridized carbons (Fsp3) is 0.337. The highest BCUT2D eigenvalue weighted by Gasteiger charge is 2.47. The van der Waals surface area contributed by atoms with Crippen molar-refractivity contribution in [1.82, 2.24) is 82.6 Å². The number of carbonyl (C=O) groups excluding carboxylic acids is 7. The van der Waals surface area contributed by atoms with E-state index in [2.05, 4.69) is 68.9 Å². The van der Waals surface area contributed by atoms with Crippen LogP contribution in [0.1, 0.15) is 263 Å². The Kier molecular flexibility index (Phi) is 25.5. The molecule has 14 aromatic rings.